The van der Waals surface area contributed by atoms with E-state index in [0.717, 1.165) is 19.5 Å². The SMILES string of the molecule is Cc1ccc(C)c(CCN(C)CC2(CO)COC2)c1. The van der Waals surface area contributed by atoms with Crippen molar-refractivity contribution in [3.63, 3.8) is 0 Å². The molecule has 106 valence electrons. The second kappa shape index (κ2) is 6.04. The second-order valence-corrected chi connectivity index (χ2v) is 6.07. The van der Waals surface area contributed by atoms with E-state index in [0.29, 0.717) is 13.2 Å². The van der Waals surface area contributed by atoms with Crippen molar-refractivity contribution in [3.8, 4) is 0 Å². The third-order valence-corrected chi connectivity index (χ3v) is 4.02. The predicted octanol–water partition coefficient (Wildman–Crippen LogP) is 1.79. The van der Waals surface area contributed by atoms with Crippen LogP contribution in [0.1, 0.15) is 16.7 Å². The van der Waals surface area contributed by atoms with Gasteiger partial charge in [-0.1, -0.05) is 23.8 Å². The van der Waals surface area contributed by atoms with Crippen LogP contribution in [0, 0.1) is 19.3 Å². The molecule has 0 spiro atoms. The highest BCUT2D eigenvalue weighted by molar-refractivity contribution is 5.30. The molecule has 0 aromatic heterocycles. The number of rotatable bonds is 6. The maximum Gasteiger partial charge on any atom is 0.0579 e. The largest absolute Gasteiger partial charge is 0.396 e. The van der Waals surface area contributed by atoms with Crippen LogP contribution in [0.25, 0.3) is 0 Å². The van der Waals surface area contributed by atoms with E-state index in [4.69, 9.17) is 4.74 Å². The van der Waals surface area contributed by atoms with Gasteiger partial charge in [0, 0.05) is 13.1 Å². The summed E-state index contributed by atoms with van der Waals surface area (Å²) in [6.07, 6.45) is 1.06. The van der Waals surface area contributed by atoms with Gasteiger partial charge in [0.25, 0.3) is 0 Å². The third kappa shape index (κ3) is 3.56. The van der Waals surface area contributed by atoms with Gasteiger partial charge < -0.3 is 14.7 Å². The zero-order valence-corrected chi connectivity index (χ0v) is 12.3. The topological polar surface area (TPSA) is 32.7 Å². The summed E-state index contributed by atoms with van der Waals surface area (Å²) in [7, 11) is 2.13. The van der Waals surface area contributed by atoms with Crippen molar-refractivity contribution >= 4 is 0 Å². The summed E-state index contributed by atoms with van der Waals surface area (Å²) in [5, 5.41) is 9.44. The predicted molar refractivity (Wildman–Crippen MR) is 77.5 cm³/mol. The number of aliphatic hydroxyl groups is 1. The second-order valence-electron chi connectivity index (χ2n) is 6.07. The fourth-order valence-corrected chi connectivity index (χ4v) is 2.66. The standard InChI is InChI=1S/C16H25NO2/c1-13-4-5-14(2)15(8-13)6-7-17(3)9-16(10-18)11-19-12-16/h4-5,8,18H,6-7,9-12H2,1-3H3. The molecule has 0 saturated carbocycles. The fourth-order valence-electron chi connectivity index (χ4n) is 2.66. The van der Waals surface area contributed by atoms with Crippen LogP contribution in [0.5, 0.6) is 0 Å². The van der Waals surface area contributed by atoms with E-state index < -0.39 is 0 Å². The number of ether oxygens (including phenoxy) is 1. The average Bonchev–Trinajstić information content (AvgIpc) is 2.35. The van der Waals surface area contributed by atoms with Crippen LogP contribution in [-0.2, 0) is 11.2 Å². The van der Waals surface area contributed by atoms with E-state index >= 15 is 0 Å². The molecule has 0 unspecified atom stereocenters. The lowest BCUT2D eigenvalue weighted by Gasteiger charge is -2.42. The highest BCUT2D eigenvalue weighted by atomic mass is 16.5. The van der Waals surface area contributed by atoms with Crippen LogP contribution in [0.15, 0.2) is 18.2 Å². The molecular formula is C16H25NO2. The molecule has 0 amide bonds. The molecule has 19 heavy (non-hydrogen) atoms. The molecule has 1 heterocycles. The number of aryl methyl sites for hydroxylation is 2. The maximum atomic E-state index is 9.44. The Morgan fingerprint density at radius 1 is 1.32 bits per heavy atom. The highest BCUT2D eigenvalue weighted by Gasteiger charge is 2.38. The summed E-state index contributed by atoms with van der Waals surface area (Å²) < 4.78 is 5.24. The van der Waals surface area contributed by atoms with Crippen LogP contribution in [0.3, 0.4) is 0 Å². The van der Waals surface area contributed by atoms with Crippen molar-refractivity contribution in [1.29, 1.82) is 0 Å². The number of benzene rings is 1. The van der Waals surface area contributed by atoms with E-state index in [1.807, 2.05) is 0 Å². The molecule has 0 bridgehead atoms. The van der Waals surface area contributed by atoms with E-state index in [-0.39, 0.29) is 12.0 Å². The quantitative estimate of drug-likeness (QED) is 0.849. The Labute approximate surface area is 116 Å². The van der Waals surface area contributed by atoms with Crippen molar-refractivity contribution in [2.45, 2.75) is 20.3 Å². The normalized spacial score (nSPS) is 17.5. The first kappa shape index (κ1) is 14.5. The van der Waals surface area contributed by atoms with E-state index in [1.54, 1.807) is 0 Å². The Hall–Kier alpha value is -0.900. The average molecular weight is 263 g/mol. The molecule has 2 rings (SSSR count). The first-order valence-electron chi connectivity index (χ1n) is 6.98. The number of hydrogen-bond acceptors (Lipinski definition) is 3. The summed E-state index contributed by atoms with van der Waals surface area (Å²) >= 11 is 0. The van der Waals surface area contributed by atoms with Crippen molar-refractivity contribution in [2.75, 3.05) is 40.0 Å². The molecule has 1 saturated heterocycles. The molecule has 1 fully saturated rings. The van der Waals surface area contributed by atoms with Gasteiger partial charge in [-0.25, -0.2) is 0 Å². The fraction of sp³-hybridized carbons (Fsp3) is 0.625. The van der Waals surface area contributed by atoms with Gasteiger partial charge in [-0.05, 0) is 38.4 Å². The number of nitrogens with zero attached hydrogens (tertiary/aromatic N) is 1. The van der Waals surface area contributed by atoms with Crippen molar-refractivity contribution in [3.05, 3.63) is 34.9 Å². The van der Waals surface area contributed by atoms with Crippen molar-refractivity contribution in [2.24, 2.45) is 5.41 Å². The zero-order valence-electron chi connectivity index (χ0n) is 12.3. The van der Waals surface area contributed by atoms with Gasteiger partial charge in [0.05, 0.1) is 25.2 Å². The lowest BCUT2D eigenvalue weighted by Crippen LogP contribution is -2.52. The summed E-state index contributed by atoms with van der Waals surface area (Å²) in [6.45, 7) is 7.85. The van der Waals surface area contributed by atoms with Crippen LogP contribution in [0.2, 0.25) is 0 Å². The first-order valence-corrected chi connectivity index (χ1v) is 6.98. The Bertz CT molecular complexity index is 421. The first-order chi connectivity index (χ1) is 9.04. The van der Waals surface area contributed by atoms with Gasteiger partial charge in [-0.3, -0.25) is 0 Å². The summed E-state index contributed by atoms with van der Waals surface area (Å²) in [4.78, 5) is 2.31. The molecule has 1 N–H and O–H groups in total. The molecular weight excluding hydrogens is 238 g/mol. The Morgan fingerprint density at radius 3 is 2.63 bits per heavy atom. The van der Waals surface area contributed by atoms with Crippen LogP contribution >= 0.6 is 0 Å². The molecule has 1 aliphatic rings. The molecule has 3 nitrogen and oxygen atoms in total. The Balaban J connectivity index is 1.86. The summed E-state index contributed by atoms with van der Waals surface area (Å²) in [5.41, 5.74) is 4.09. The minimum Gasteiger partial charge on any atom is -0.396 e. The smallest absolute Gasteiger partial charge is 0.0579 e. The third-order valence-electron chi connectivity index (χ3n) is 4.02. The Morgan fingerprint density at radius 2 is 2.05 bits per heavy atom. The molecule has 1 aromatic carbocycles. The summed E-state index contributed by atoms with van der Waals surface area (Å²) in [6, 6.07) is 6.63. The van der Waals surface area contributed by atoms with Gasteiger partial charge in [-0.2, -0.15) is 0 Å². The van der Waals surface area contributed by atoms with Gasteiger partial charge in [-0.15, -0.1) is 0 Å². The molecule has 1 aromatic rings. The van der Waals surface area contributed by atoms with Crippen LogP contribution in [0.4, 0.5) is 0 Å². The molecule has 0 radical (unpaired) electrons. The molecule has 0 aliphatic carbocycles. The number of hydrogen-bond donors (Lipinski definition) is 1. The van der Waals surface area contributed by atoms with Crippen molar-refractivity contribution in [1.82, 2.24) is 4.90 Å². The lowest BCUT2D eigenvalue weighted by molar-refractivity contribution is -0.146. The maximum absolute atomic E-state index is 9.44. The molecule has 0 atom stereocenters. The van der Waals surface area contributed by atoms with E-state index in [2.05, 4.69) is 44.0 Å². The Kier molecular flexibility index (Phi) is 4.61. The van der Waals surface area contributed by atoms with Crippen LogP contribution in [-0.4, -0.2) is 50.0 Å². The highest BCUT2D eigenvalue weighted by Crippen LogP contribution is 2.27. The van der Waals surface area contributed by atoms with Crippen LogP contribution < -0.4 is 0 Å². The van der Waals surface area contributed by atoms with Gasteiger partial charge in [0.1, 0.15) is 0 Å². The van der Waals surface area contributed by atoms with Gasteiger partial charge >= 0.3 is 0 Å². The lowest BCUT2D eigenvalue weighted by atomic mass is 9.86. The summed E-state index contributed by atoms with van der Waals surface area (Å²) in [5.74, 6) is 0. The van der Waals surface area contributed by atoms with Gasteiger partial charge in [0.2, 0.25) is 0 Å². The zero-order chi connectivity index (χ0) is 13.9. The molecule has 3 heteroatoms. The minimum atomic E-state index is -0.0175. The molecule has 1 aliphatic heterocycles. The number of aliphatic hydroxyl groups excluding tert-OH is 1. The minimum absolute atomic E-state index is 0.0175. The van der Waals surface area contributed by atoms with E-state index in [1.165, 1.54) is 16.7 Å². The van der Waals surface area contributed by atoms with E-state index in [9.17, 15) is 5.11 Å². The number of likely N-dealkylation sites (N-methyl/N-ethyl adjacent to an activating group) is 1. The monoisotopic (exact) mass is 263 g/mol. The van der Waals surface area contributed by atoms with Gasteiger partial charge in [0.15, 0.2) is 0 Å². The van der Waals surface area contributed by atoms with Crippen molar-refractivity contribution < 1.29 is 9.84 Å².